The summed E-state index contributed by atoms with van der Waals surface area (Å²) in [6.45, 7) is 1.03. The van der Waals surface area contributed by atoms with Gasteiger partial charge in [0.1, 0.15) is 0 Å². The Bertz CT molecular complexity index is 417. The molecule has 5 aliphatic rings. The Labute approximate surface area is 129 Å². The molecule has 1 atom stereocenters. The summed E-state index contributed by atoms with van der Waals surface area (Å²) in [6.07, 6.45) is 16.2. The quantitative estimate of drug-likeness (QED) is 0.715. The van der Waals surface area contributed by atoms with E-state index in [1.165, 1.54) is 44.9 Å². The van der Waals surface area contributed by atoms with E-state index in [0.29, 0.717) is 17.2 Å². The van der Waals surface area contributed by atoms with Crippen LogP contribution >= 0.6 is 0 Å². The minimum atomic E-state index is 0.377. The first-order valence-corrected chi connectivity index (χ1v) is 9.02. The van der Waals surface area contributed by atoms with Crippen molar-refractivity contribution in [2.45, 2.75) is 57.8 Å². The van der Waals surface area contributed by atoms with Crippen LogP contribution in [-0.2, 0) is 4.79 Å². The fourth-order valence-corrected chi connectivity index (χ4v) is 6.32. The van der Waals surface area contributed by atoms with Gasteiger partial charge in [0.25, 0.3) is 0 Å². The number of hydrogen-bond donors (Lipinski definition) is 0. The molecule has 4 saturated carbocycles. The molecule has 21 heavy (non-hydrogen) atoms. The second-order valence-electron chi connectivity index (χ2n) is 8.64. The van der Waals surface area contributed by atoms with Crippen LogP contribution in [0.2, 0.25) is 0 Å². The number of carbonyl (C=O) groups is 1. The van der Waals surface area contributed by atoms with Gasteiger partial charge in [0.2, 0.25) is 5.91 Å². The van der Waals surface area contributed by atoms with Crippen molar-refractivity contribution in [1.82, 2.24) is 4.90 Å². The Balaban J connectivity index is 1.38. The van der Waals surface area contributed by atoms with Crippen LogP contribution < -0.4 is 0 Å². The van der Waals surface area contributed by atoms with E-state index in [1.54, 1.807) is 0 Å². The molecular formula is C19H29NO. The van der Waals surface area contributed by atoms with Crippen LogP contribution in [0.4, 0.5) is 0 Å². The normalized spacial score (nSPS) is 43.5. The summed E-state index contributed by atoms with van der Waals surface area (Å²) in [4.78, 5) is 14.6. The molecule has 2 heteroatoms. The number of amides is 1. The highest BCUT2D eigenvalue weighted by Gasteiger charge is 2.51. The lowest BCUT2D eigenvalue weighted by molar-refractivity contribution is -0.136. The van der Waals surface area contributed by atoms with Gasteiger partial charge in [0, 0.05) is 20.0 Å². The van der Waals surface area contributed by atoms with Gasteiger partial charge in [-0.2, -0.15) is 0 Å². The molecule has 0 aromatic carbocycles. The van der Waals surface area contributed by atoms with E-state index < -0.39 is 0 Å². The van der Waals surface area contributed by atoms with Gasteiger partial charge >= 0.3 is 0 Å². The van der Waals surface area contributed by atoms with E-state index in [2.05, 4.69) is 24.1 Å². The fraction of sp³-hybridized carbons (Fsp3) is 0.842. The highest BCUT2D eigenvalue weighted by atomic mass is 16.2. The maximum absolute atomic E-state index is 12.5. The summed E-state index contributed by atoms with van der Waals surface area (Å²) in [5, 5.41) is 0. The second-order valence-corrected chi connectivity index (χ2v) is 8.64. The lowest BCUT2D eigenvalue weighted by Crippen LogP contribution is -2.51. The van der Waals surface area contributed by atoms with Crippen molar-refractivity contribution in [2.24, 2.45) is 29.1 Å². The van der Waals surface area contributed by atoms with Gasteiger partial charge in [-0.3, -0.25) is 4.79 Å². The molecule has 1 amide bonds. The summed E-state index contributed by atoms with van der Waals surface area (Å²) < 4.78 is 0. The minimum Gasteiger partial charge on any atom is -0.345 e. The fourth-order valence-electron chi connectivity index (χ4n) is 6.32. The molecule has 116 valence electrons. The van der Waals surface area contributed by atoms with Crippen molar-refractivity contribution in [3.05, 3.63) is 12.2 Å². The van der Waals surface area contributed by atoms with Gasteiger partial charge < -0.3 is 4.90 Å². The SMILES string of the molecule is CN(CC12CC3CC(CC(C3)C1)C2)C(=O)C[C@@H]1C=CCC1. The van der Waals surface area contributed by atoms with Gasteiger partial charge in [-0.1, -0.05) is 12.2 Å². The largest absolute Gasteiger partial charge is 0.345 e. The number of carbonyl (C=O) groups excluding carboxylic acids is 1. The van der Waals surface area contributed by atoms with E-state index in [-0.39, 0.29) is 0 Å². The molecule has 0 saturated heterocycles. The molecule has 0 radical (unpaired) electrons. The third-order valence-electron chi connectivity index (χ3n) is 6.71. The van der Waals surface area contributed by atoms with Crippen LogP contribution in [0.25, 0.3) is 0 Å². The van der Waals surface area contributed by atoms with E-state index in [1.807, 2.05) is 0 Å². The van der Waals surface area contributed by atoms with Crippen molar-refractivity contribution in [3.8, 4) is 0 Å². The highest BCUT2D eigenvalue weighted by Crippen LogP contribution is 2.60. The summed E-state index contributed by atoms with van der Waals surface area (Å²) >= 11 is 0. The van der Waals surface area contributed by atoms with Crippen molar-refractivity contribution in [3.63, 3.8) is 0 Å². The predicted molar refractivity (Wildman–Crippen MR) is 84.7 cm³/mol. The molecule has 2 nitrogen and oxygen atoms in total. The summed E-state index contributed by atoms with van der Waals surface area (Å²) in [5.41, 5.74) is 0.491. The van der Waals surface area contributed by atoms with Crippen LogP contribution in [0, 0.1) is 29.1 Å². The average molecular weight is 287 g/mol. The van der Waals surface area contributed by atoms with Gasteiger partial charge in [-0.15, -0.1) is 0 Å². The first-order valence-electron chi connectivity index (χ1n) is 9.02. The monoisotopic (exact) mass is 287 g/mol. The van der Waals surface area contributed by atoms with Gasteiger partial charge in [0.15, 0.2) is 0 Å². The smallest absolute Gasteiger partial charge is 0.222 e. The lowest BCUT2D eigenvalue weighted by atomic mass is 9.49. The molecule has 4 fully saturated rings. The van der Waals surface area contributed by atoms with Gasteiger partial charge in [0.05, 0.1) is 0 Å². The molecule has 5 rings (SSSR count). The summed E-state index contributed by atoms with van der Waals surface area (Å²) in [5.74, 6) is 3.84. The van der Waals surface area contributed by atoms with E-state index in [0.717, 1.165) is 37.1 Å². The average Bonchev–Trinajstić information content (AvgIpc) is 2.89. The molecule has 0 aromatic rings. The zero-order chi connectivity index (χ0) is 14.4. The van der Waals surface area contributed by atoms with Crippen molar-refractivity contribution >= 4 is 5.91 Å². The van der Waals surface area contributed by atoms with Crippen molar-refractivity contribution in [1.29, 1.82) is 0 Å². The van der Waals surface area contributed by atoms with E-state index in [9.17, 15) is 4.79 Å². The third kappa shape index (κ3) is 2.66. The number of hydrogen-bond acceptors (Lipinski definition) is 1. The molecule has 0 spiro atoms. The molecule has 0 heterocycles. The number of rotatable bonds is 4. The molecule has 0 aromatic heterocycles. The molecule has 0 N–H and O–H groups in total. The Hall–Kier alpha value is -0.790. The van der Waals surface area contributed by atoms with Crippen LogP contribution in [0.5, 0.6) is 0 Å². The molecule has 4 bridgehead atoms. The van der Waals surface area contributed by atoms with Gasteiger partial charge in [-0.05, 0) is 80.5 Å². The zero-order valence-corrected chi connectivity index (χ0v) is 13.4. The van der Waals surface area contributed by atoms with Crippen LogP contribution in [0.3, 0.4) is 0 Å². The Morgan fingerprint density at radius 1 is 1.14 bits per heavy atom. The van der Waals surface area contributed by atoms with Crippen LogP contribution in [0.1, 0.15) is 57.8 Å². The Morgan fingerprint density at radius 2 is 1.76 bits per heavy atom. The van der Waals surface area contributed by atoms with Crippen LogP contribution in [0.15, 0.2) is 12.2 Å². The van der Waals surface area contributed by atoms with Gasteiger partial charge in [-0.25, -0.2) is 0 Å². The zero-order valence-electron chi connectivity index (χ0n) is 13.4. The minimum absolute atomic E-state index is 0.377. The van der Waals surface area contributed by atoms with Crippen molar-refractivity contribution < 1.29 is 4.79 Å². The second kappa shape index (κ2) is 5.14. The number of allylic oxidation sites excluding steroid dienone is 2. The maximum Gasteiger partial charge on any atom is 0.222 e. The topological polar surface area (TPSA) is 20.3 Å². The van der Waals surface area contributed by atoms with E-state index in [4.69, 9.17) is 0 Å². The standard InChI is InChI=1S/C19H29NO/c1-20(18(21)9-14-4-2-3-5-14)13-19-10-15-6-16(11-19)8-17(7-15)12-19/h2,4,14-17H,3,5-13H2,1H3/t14-,15?,16?,17?,19?/m1/s1. The van der Waals surface area contributed by atoms with Crippen molar-refractivity contribution in [2.75, 3.05) is 13.6 Å². The molecule has 0 aliphatic heterocycles. The first kappa shape index (κ1) is 13.8. The molecule has 5 aliphatic carbocycles. The first-order chi connectivity index (χ1) is 10.1. The maximum atomic E-state index is 12.5. The highest BCUT2D eigenvalue weighted by molar-refractivity contribution is 5.76. The lowest BCUT2D eigenvalue weighted by Gasteiger charge is -2.57. The molecule has 0 unspecified atom stereocenters. The van der Waals surface area contributed by atoms with E-state index >= 15 is 0 Å². The Morgan fingerprint density at radius 3 is 2.29 bits per heavy atom. The number of nitrogens with zero attached hydrogens (tertiary/aromatic N) is 1. The summed E-state index contributed by atoms with van der Waals surface area (Å²) in [6, 6.07) is 0. The third-order valence-corrected chi connectivity index (χ3v) is 6.71. The Kier molecular flexibility index (Phi) is 3.39. The summed E-state index contributed by atoms with van der Waals surface area (Å²) in [7, 11) is 2.06. The molecular weight excluding hydrogens is 258 g/mol. The van der Waals surface area contributed by atoms with Crippen LogP contribution in [-0.4, -0.2) is 24.4 Å². The predicted octanol–water partition coefficient (Wildman–Crippen LogP) is 4.02.